The maximum absolute atomic E-state index is 12.2. The van der Waals surface area contributed by atoms with E-state index < -0.39 is 0 Å². The summed E-state index contributed by atoms with van der Waals surface area (Å²) in [7, 11) is 0. The number of rotatable bonds is 4. The summed E-state index contributed by atoms with van der Waals surface area (Å²) >= 11 is 0. The summed E-state index contributed by atoms with van der Waals surface area (Å²) in [6, 6.07) is 12.4. The highest BCUT2D eigenvalue weighted by Crippen LogP contribution is 2.22. The zero-order valence-electron chi connectivity index (χ0n) is 13.6. The molecule has 2 amide bonds. The lowest BCUT2D eigenvalue weighted by Gasteiger charge is -2.09. The van der Waals surface area contributed by atoms with E-state index in [0.717, 1.165) is 19.3 Å². The molecule has 2 N–H and O–H groups in total. The van der Waals surface area contributed by atoms with E-state index in [1.165, 1.54) is 11.1 Å². The van der Waals surface area contributed by atoms with Gasteiger partial charge in [-0.2, -0.15) is 0 Å². The Hall–Kier alpha value is -2.82. The molecule has 0 radical (unpaired) electrons. The first-order valence-corrected chi connectivity index (χ1v) is 8.12. The largest absolute Gasteiger partial charge is 0.494 e. The molecule has 0 unspecified atom stereocenters. The molecular formula is C19H20N2O3. The first-order chi connectivity index (χ1) is 11.7. The van der Waals surface area contributed by atoms with Gasteiger partial charge in [0.1, 0.15) is 5.75 Å². The van der Waals surface area contributed by atoms with Gasteiger partial charge in [0.2, 0.25) is 0 Å². The topological polar surface area (TPSA) is 67.4 Å². The number of hydrogen-bond donors (Lipinski definition) is 2. The Balaban J connectivity index is 1.58. The number of carbonyl (C=O) groups is 2. The second kappa shape index (κ2) is 7.17. The Kier molecular flexibility index (Phi) is 4.79. The zero-order chi connectivity index (χ0) is 16.9. The van der Waals surface area contributed by atoms with E-state index >= 15 is 0 Å². The Morgan fingerprint density at radius 3 is 2.25 bits per heavy atom. The molecule has 0 fully saturated rings. The maximum Gasteiger partial charge on any atom is 0.269 e. The lowest BCUT2D eigenvalue weighted by Crippen LogP contribution is -2.41. The van der Waals surface area contributed by atoms with Crippen molar-refractivity contribution >= 4 is 11.8 Å². The van der Waals surface area contributed by atoms with Gasteiger partial charge in [0.15, 0.2) is 0 Å². The van der Waals surface area contributed by atoms with Gasteiger partial charge < -0.3 is 4.74 Å². The third-order valence-corrected chi connectivity index (χ3v) is 4.08. The lowest BCUT2D eigenvalue weighted by molar-refractivity contribution is 0.0846. The highest BCUT2D eigenvalue weighted by Gasteiger charge is 2.14. The number of carbonyl (C=O) groups excluding carboxylic acids is 2. The van der Waals surface area contributed by atoms with Crippen molar-refractivity contribution in [2.45, 2.75) is 26.2 Å². The van der Waals surface area contributed by atoms with Gasteiger partial charge in [-0.05, 0) is 73.7 Å². The van der Waals surface area contributed by atoms with Crippen molar-refractivity contribution in [1.29, 1.82) is 0 Å². The van der Waals surface area contributed by atoms with Gasteiger partial charge >= 0.3 is 0 Å². The van der Waals surface area contributed by atoms with Crippen molar-refractivity contribution in [2.24, 2.45) is 0 Å². The van der Waals surface area contributed by atoms with Crippen LogP contribution in [0.4, 0.5) is 0 Å². The molecule has 24 heavy (non-hydrogen) atoms. The highest BCUT2D eigenvalue weighted by molar-refractivity contribution is 5.99. The first-order valence-electron chi connectivity index (χ1n) is 8.12. The number of fused-ring (bicyclic) bond motifs is 1. The van der Waals surface area contributed by atoms with Crippen molar-refractivity contribution in [3.05, 3.63) is 64.7 Å². The molecule has 0 spiro atoms. The van der Waals surface area contributed by atoms with Gasteiger partial charge in [0.05, 0.1) is 6.61 Å². The normalized spacial score (nSPS) is 12.4. The van der Waals surface area contributed by atoms with Crippen molar-refractivity contribution in [3.63, 3.8) is 0 Å². The van der Waals surface area contributed by atoms with E-state index in [9.17, 15) is 9.59 Å². The number of nitrogens with one attached hydrogen (secondary N) is 2. The van der Waals surface area contributed by atoms with Crippen LogP contribution in [0, 0.1) is 0 Å². The predicted octanol–water partition coefficient (Wildman–Crippen LogP) is 2.65. The number of amides is 2. The van der Waals surface area contributed by atoms with Crippen LogP contribution < -0.4 is 15.6 Å². The van der Waals surface area contributed by atoms with E-state index in [1.54, 1.807) is 30.3 Å². The number of hydrazine groups is 1. The van der Waals surface area contributed by atoms with Crippen molar-refractivity contribution < 1.29 is 14.3 Å². The summed E-state index contributed by atoms with van der Waals surface area (Å²) < 4.78 is 5.33. The van der Waals surface area contributed by atoms with E-state index in [0.29, 0.717) is 23.5 Å². The third kappa shape index (κ3) is 3.56. The Labute approximate surface area is 141 Å². The summed E-state index contributed by atoms with van der Waals surface area (Å²) in [4.78, 5) is 24.2. The Bertz CT molecular complexity index is 754. The van der Waals surface area contributed by atoms with E-state index in [-0.39, 0.29) is 11.8 Å². The monoisotopic (exact) mass is 324 g/mol. The van der Waals surface area contributed by atoms with E-state index in [1.807, 2.05) is 19.1 Å². The standard InChI is InChI=1S/C19H20N2O3/c1-2-24-17-10-8-14(9-11-17)18(22)20-21-19(23)16-7-6-13-4-3-5-15(13)12-16/h6-12H,2-5H2,1H3,(H,20,22)(H,21,23). The van der Waals surface area contributed by atoms with Crippen LogP contribution in [0.5, 0.6) is 5.75 Å². The molecule has 3 rings (SSSR count). The molecule has 0 heterocycles. The minimum Gasteiger partial charge on any atom is -0.494 e. The smallest absolute Gasteiger partial charge is 0.269 e. The van der Waals surface area contributed by atoms with Crippen molar-refractivity contribution in [2.75, 3.05) is 6.61 Å². The molecule has 2 aromatic rings. The average molecular weight is 324 g/mol. The molecule has 0 saturated carbocycles. The second-order valence-electron chi connectivity index (χ2n) is 5.70. The molecule has 124 valence electrons. The first kappa shape index (κ1) is 16.1. The van der Waals surface area contributed by atoms with E-state index in [4.69, 9.17) is 4.74 Å². The van der Waals surface area contributed by atoms with Crippen LogP contribution in [-0.2, 0) is 12.8 Å². The predicted molar refractivity (Wildman–Crippen MR) is 91.0 cm³/mol. The summed E-state index contributed by atoms with van der Waals surface area (Å²) in [5.41, 5.74) is 8.44. The van der Waals surface area contributed by atoms with Crippen molar-refractivity contribution in [1.82, 2.24) is 10.9 Å². The minimum atomic E-state index is -0.368. The van der Waals surface area contributed by atoms with Crippen molar-refractivity contribution in [3.8, 4) is 5.75 Å². The van der Waals surface area contributed by atoms with Gasteiger partial charge in [-0.15, -0.1) is 0 Å². The molecule has 0 aromatic heterocycles. The van der Waals surface area contributed by atoms with Gasteiger partial charge in [0, 0.05) is 11.1 Å². The zero-order valence-corrected chi connectivity index (χ0v) is 13.6. The van der Waals surface area contributed by atoms with Gasteiger partial charge in [-0.3, -0.25) is 20.4 Å². The fraction of sp³-hybridized carbons (Fsp3) is 0.263. The second-order valence-corrected chi connectivity index (χ2v) is 5.70. The Morgan fingerprint density at radius 1 is 0.917 bits per heavy atom. The summed E-state index contributed by atoms with van der Waals surface area (Å²) in [6.07, 6.45) is 3.22. The van der Waals surface area contributed by atoms with Crippen LogP contribution in [0.3, 0.4) is 0 Å². The van der Waals surface area contributed by atoms with Crippen LogP contribution in [0.2, 0.25) is 0 Å². The summed E-state index contributed by atoms with van der Waals surface area (Å²) in [6.45, 7) is 2.47. The summed E-state index contributed by atoms with van der Waals surface area (Å²) in [5, 5.41) is 0. The highest BCUT2D eigenvalue weighted by atomic mass is 16.5. The number of benzene rings is 2. The molecule has 0 atom stereocenters. The molecule has 1 aliphatic rings. The fourth-order valence-corrected chi connectivity index (χ4v) is 2.84. The fourth-order valence-electron chi connectivity index (χ4n) is 2.84. The quantitative estimate of drug-likeness (QED) is 0.850. The van der Waals surface area contributed by atoms with Crippen LogP contribution >= 0.6 is 0 Å². The SMILES string of the molecule is CCOc1ccc(C(=O)NNC(=O)c2ccc3c(c2)CCC3)cc1. The van der Waals surface area contributed by atoms with Crippen LogP contribution in [0.25, 0.3) is 0 Å². The van der Waals surface area contributed by atoms with Gasteiger partial charge in [-0.1, -0.05) is 6.07 Å². The number of aryl methyl sites for hydroxylation is 2. The summed E-state index contributed by atoms with van der Waals surface area (Å²) in [5.74, 6) is 0.0211. The van der Waals surface area contributed by atoms with Crippen LogP contribution in [0.15, 0.2) is 42.5 Å². The van der Waals surface area contributed by atoms with Gasteiger partial charge in [0.25, 0.3) is 11.8 Å². The van der Waals surface area contributed by atoms with E-state index in [2.05, 4.69) is 10.9 Å². The lowest BCUT2D eigenvalue weighted by atomic mass is 10.1. The molecule has 1 aliphatic carbocycles. The number of hydrogen-bond acceptors (Lipinski definition) is 3. The van der Waals surface area contributed by atoms with Crippen LogP contribution in [-0.4, -0.2) is 18.4 Å². The molecule has 0 bridgehead atoms. The molecule has 5 heteroatoms. The molecule has 5 nitrogen and oxygen atoms in total. The molecule has 0 aliphatic heterocycles. The Morgan fingerprint density at radius 2 is 1.54 bits per heavy atom. The van der Waals surface area contributed by atoms with Crippen LogP contribution in [0.1, 0.15) is 45.2 Å². The number of ether oxygens (including phenoxy) is 1. The van der Waals surface area contributed by atoms with Gasteiger partial charge in [-0.25, -0.2) is 0 Å². The average Bonchev–Trinajstić information content (AvgIpc) is 3.08. The maximum atomic E-state index is 12.2. The minimum absolute atomic E-state index is 0.316. The molecule has 2 aromatic carbocycles. The molecular weight excluding hydrogens is 304 g/mol. The molecule has 0 saturated heterocycles. The third-order valence-electron chi connectivity index (χ3n) is 4.08.